The van der Waals surface area contributed by atoms with Gasteiger partial charge in [0.05, 0.1) is 29.4 Å². The number of aliphatic imine (C=N–C) groups is 1. The van der Waals surface area contributed by atoms with E-state index in [9.17, 15) is 14.9 Å². The summed E-state index contributed by atoms with van der Waals surface area (Å²) < 4.78 is 6.58. The number of rotatable bonds is 5. The Hall–Kier alpha value is -3.68. The number of hydrogen-bond donors (Lipinski definition) is 1. The lowest BCUT2D eigenvalue weighted by molar-refractivity contribution is -0.384. The van der Waals surface area contributed by atoms with E-state index in [0.717, 1.165) is 0 Å². The average molecular weight is 352 g/mol. The molecule has 0 spiro atoms. The first-order valence-electron chi connectivity index (χ1n) is 7.75. The van der Waals surface area contributed by atoms with Crippen molar-refractivity contribution in [3.8, 4) is 11.4 Å². The SMILES string of the molecule is COc1cc([N+](=O)[O-])ccc1N=Cc1c(C)[nH]n(-c2ccccc2)c1=O. The van der Waals surface area contributed by atoms with Gasteiger partial charge >= 0.3 is 0 Å². The molecule has 0 fully saturated rings. The molecule has 2 aromatic carbocycles. The van der Waals surface area contributed by atoms with Gasteiger partial charge in [-0.3, -0.25) is 25.0 Å². The van der Waals surface area contributed by atoms with Gasteiger partial charge in [-0.15, -0.1) is 0 Å². The molecule has 0 aliphatic carbocycles. The van der Waals surface area contributed by atoms with Gasteiger partial charge in [0.1, 0.15) is 5.69 Å². The van der Waals surface area contributed by atoms with Gasteiger partial charge in [-0.1, -0.05) is 18.2 Å². The molecule has 0 saturated heterocycles. The number of aryl methyl sites for hydroxylation is 1. The standard InChI is InChI=1S/C18H16N4O4/c1-12-15(18(23)21(20-12)13-6-4-3-5-7-13)11-19-16-9-8-14(22(24)25)10-17(16)26-2/h3-11,20H,1-2H3. The Morgan fingerprint density at radius 2 is 1.96 bits per heavy atom. The summed E-state index contributed by atoms with van der Waals surface area (Å²) in [7, 11) is 1.40. The molecule has 0 aliphatic rings. The van der Waals surface area contributed by atoms with Crippen molar-refractivity contribution in [3.05, 3.63) is 80.3 Å². The van der Waals surface area contributed by atoms with E-state index in [-0.39, 0.29) is 17.0 Å². The lowest BCUT2D eigenvalue weighted by Crippen LogP contribution is -2.17. The molecule has 0 atom stereocenters. The molecule has 1 aromatic heterocycles. The van der Waals surface area contributed by atoms with Crippen LogP contribution in [0.4, 0.5) is 11.4 Å². The topological polar surface area (TPSA) is 103 Å². The Morgan fingerprint density at radius 3 is 2.62 bits per heavy atom. The third-order valence-corrected chi connectivity index (χ3v) is 3.84. The molecule has 3 aromatic rings. The molecule has 0 unspecified atom stereocenters. The Balaban J connectivity index is 1.99. The lowest BCUT2D eigenvalue weighted by Gasteiger charge is -2.03. The summed E-state index contributed by atoms with van der Waals surface area (Å²) in [6, 6.07) is 13.3. The van der Waals surface area contributed by atoms with E-state index in [1.165, 1.54) is 36.2 Å². The fraction of sp³-hybridized carbons (Fsp3) is 0.111. The van der Waals surface area contributed by atoms with E-state index in [1.54, 1.807) is 6.92 Å². The molecular formula is C18H16N4O4. The maximum Gasteiger partial charge on any atom is 0.280 e. The zero-order valence-electron chi connectivity index (χ0n) is 14.2. The molecule has 0 bridgehead atoms. The van der Waals surface area contributed by atoms with Crippen molar-refractivity contribution >= 4 is 17.6 Å². The van der Waals surface area contributed by atoms with Gasteiger partial charge in [-0.25, -0.2) is 4.68 Å². The second kappa shape index (κ2) is 7.06. The van der Waals surface area contributed by atoms with Gasteiger partial charge < -0.3 is 4.74 Å². The number of benzene rings is 2. The molecule has 26 heavy (non-hydrogen) atoms. The maximum atomic E-state index is 12.6. The Kier molecular flexibility index (Phi) is 4.66. The molecule has 1 N–H and O–H groups in total. The number of H-pyrrole nitrogens is 1. The van der Waals surface area contributed by atoms with Gasteiger partial charge in [0.15, 0.2) is 5.75 Å². The average Bonchev–Trinajstić information content (AvgIpc) is 2.94. The number of aromatic nitrogens is 2. The van der Waals surface area contributed by atoms with Crippen LogP contribution in [0.5, 0.6) is 5.75 Å². The molecule has 0 aliphatic heterocycles. The van der Waals surface area contributed by atoms with Crippen molar-refractivity contribution in [3.63, 3.8) is 0 Å². The van der Waals surface area contributed by atoms with Crippen LogP contribution in [0.2, 0.25) is 0 Å². The number of aromatic amines is 1. The number of ether oxygens (including phenoxy) is 1. The predicted octanol–water partition coefficient (Wildman–Crippen LogP) is 3.14. The van der Waals surface area contributed by atoms with Crippen LogP contribution in [-0.2, 0) is 0 Å². The lowest BCUT2D eigenvalue weighted by atomic mass is 10.2. The number of hydrogen-bond acceptors (Lipinski definition) is 5. The van der Waals surface area contributed by atoms with Gasteiger partial charge in [-0.2, -0.15) is 0 Å². The number of nitro groups is 1. The summed E-state index contributed by atoms with van der Waals surface area (Å²) in [6.07, 6.45) is 1.43. The van der Waals surface area contributed by atoms with Crippen LogP contribution in [0.1, 0.15) is 11.3 Å². The summed E-state index contributed by atoms with van der Waals surface area (Å²) in [5, 5.41) is 13.9. The summed E-state index contributed by atoms with van der Waals surface area (Å²) in [6.45, 7) is 1.77. The second-order valence-corrected chi connectivity index (χ2v) is 5.50. The largest absolute Gasteiger partial charge is 0.494 e. The van der Waals surface area contributed by atoms with Crippen LogP contribution in [0, 0.1) is 17.0 Å². The van der Waals surface area contributed by atoms with Gasteiger partial charge in [0.25, 0.3) is 11.2 Å². The Labute approximate surface area is 148 Å². The fourth-order valence-corrected chi connectivity index (χ4v) is 2.49. The molecule has 0 saturated carbocycles. The number of para-hydroxylation sites is 1. The quantitative estimate of drug-likeness (QED) is 0.433. The van der Waals surface area contributed by atoms with Crippen LogP contribution in [0.25, 0.3) is 5.69 Å². The summed E-state index contributed by atoms with van der Waals surface area (Å²) in [4.78, 5) is 27.2. The fourth-order valence-electron chi connectivity index (χ4n) is 2.49. The van der Waals surface area contributed by atoms with Crippen molar-refractivity contribution in [2.45, 2.75) is 6.92 Å². The maximum absolute atomic E-state index is 12.6. The van der Waals surface area contributed by atoms with E-state index in [2.05, 4.69) is 10.1 Å². The van der Waals surface area contributed by atoms with E-state index >= 15 is 0 Å². The highest BCUT2D eigenvalue weighted by Gasteiger charge is 2.13. The minimum absolute atomic E-state index is 0.0925. The molecule has 0 radical (unpaired) electrons. The molecule has 3 rings (SSSR count). The zero-order valence-corrected chi connectivity index (χ0v) is 14.2. The normalized spacial score (nSPS) is 11.0. The van der Waals surface area contributed by atoms with E-state index in [0.29, 0.717) is 22.6 Å². The van der Waals surface area contributed by atoms with Crippen LogP contribution in [0.15, 0.2) is 58.3 Å². The van der Waals surface area contributed by atoms with Crippen LogP contribution in [-0.4, -0.2) is 28.0 Å². The summed E-state index contributed by atoms with van der Waals surface area (Å²) in [5.74, 6) is 0.257. The minimum Gasteiger partial charge on any atom is -0.494 e. The van der Waals surface area contributed by atoms with E-state index in [1.807, 2.05) is 30.3 Å². The van der Waals surface area contributed by atoms with Crippen molar-refractivity contribution in [2.24, 2.45) is 4.99 Å². The van der Waals surface area contributed by atoms with Crippen molar-refractivity contribution < 1.29 is 9.66 Å². The predicted molar refractivity (Wildman–Crippen MR) is 98.0 cm³/mol. The molecule has 8 heteroatoms. The number of methoxy groups -OCH3 is 1. The van der Waals surface area contributed by atoms with Crippen LogP contribution >= 0.6 is 0 Å². The smallest absolute Gasteiger partial charge is 0.280 e. The molecule has 0 amide bonds. The minimum atomic E-state index is -0.509. The first-order chi connectivity index (χ1) is 12.5. The first kappa shape index (κ1) is 17.2. The summed E-state index contributed by atoms with van der Waals surface area (Å²) >= 11 is 0. The first-order valence-corrected chi connectivity index (χ1v) is 7.75. The van der Waals surface area contributed by atoms with E-state index in [4.69, 9.17) is 4.74 Å². The Morgan fingerprint density at radius 1 is 1.23 bits per heavy atom. The van der Waals surface area contributed by atoms with Gasteiger partial charge in [0, 0.05) is 18.0 Å². The highest BCUT2D eigenvalue weighted by Crippen LogP contribution is 2.31. The van der Waals surface area contributed by atoms with Crippen LogP contribution < -0.4 is 10.3 Å². The number of non-ortho nitro benzene ring substituents is 1. The van der Waals surface area contributed by atoms with Crippen LogP contribution in [0.3, 0.4) is 0 Å². The third kappa shape index (κ3) is 3.25. The number of nitro benzene ring substituents is 1. The highest BCUT2D eigenvalue weighted by atomic mass is 16.6. The van der Waals surface area contributed by atoms with Crippen molar-refractivity contribution in [2.75, 3.05) is 7.11 Å². The van der Waals surface area contributed by atoms with E-state index < -0.39 is 4.92 Å². The Bertz CT molecular complexity index is 1040. The highest BCUT2D eigenvalue weighted by molar-refractivity contribution is 5.84. The van der Waals surface area contributed by atoms with Gasteiger partial charge in [-0.05, 0) is 25.1 Å². The molecule has 132 valence electrons. The number of nitrogens with one attached hydrogen (secondary N) is 1. The zero-order chi connectivity index (χ0) is 18.7. The monoisotopic (exact) mass is 352 g/mol. The molecule has 1 heterocycles. The van der Waals surface area contributed by atoms with Crippen molar-refractivity contribution in [1.82, 2.24) is 9.78 Å². The van der Waals surface area contributed by atoms with Crippen molar-refractivity contribution in [1.29, 1.82) is 0 Å². The van der Waals surface area contributed by atoms with Gasteiger partial charge in [0.2, 0.25) is 0 Å². The molecular weight excluding hydrogens is 336 g/mol. The second-order valence-electron chi connectivity index (χ2n) is 5.50. The number of nitrogens with zero attached hydrogens (tertiary/aromatic N) is 3. The molecule has 8 nitrogen and oxygen atoms in total. The summed E-state index contributed by atoms with van der Waals surface area (Å²) in [5.41, 5.74) is 1.83. The third-order valence-electron chi connectivity index (χ3n) is 3.84.